The van der Waals surface area contributed by atoms with E-state index in [1.54, 1.807) is 12.4 Å². The van der Waals surface area contributed by atoms with Crippen LogP contribution in [0.15, 0.2) is 40.6 Å². The normalized spacial score (nSPS) is 26.0. The number of nitrogens with zero attached hydrogens (tertiary/aromatic N) is 4. The summed E-state index contributed by atoms with van der Waals surface area (Å²) in [6.45, 7) is 10.8. The van der Waals surface area contributed by atoms with Gasteiger partial charge in [-0.05, 0) is 75.1 Å². The molecule has 1 aliphatic heterocycles. The Kier molecular flexibility index (Phi) is 5.90. The van der Waals surface area contributed by atoms with Gasteiger partial charge in [0.25, 0.3) is 0 Å². The molecular formula is C23H32N4O. The third kappa shape index (κ3) is 4.35. The van der Waals surface area contributed by atoms with E-state index in [9.17, 15) is 0 Å². The van der Waals surface area contributed by atoms with Crippen molar-refractivity contribution < 1.29 is 4.42 Å². The van der Waals surface area contributed by atoms with Crippen molar-refractivity contribution in [3.63, 3.8) is 0 Å². The average molecular weight is 381 g/mol. The Labute approximate surface area is 168 Å². The van der Waals surface area contributed by atoms with Crippen molar-refractivity contribution in [2.75, 3.05) is 19.6 Å². The number of likely N-dealkylation sites (tertiary alicyclic amines) is 1. The number of pyridine rings is 1. The molecule has 3 heterocycles. The molecule has 0 aromatic carbocycles. The molecule has 0 bridgehead atoms. The number of rotatable bonds is 6. The first-order valence-electron chi connectivity index (χ1n) is 10.7. The van der Waals surface area contributed by atoms with Crippen molar-refractivity contribution in [1.29, 1.82) is 0 Å². The summed E-state index contributed by atoms with van der Waals surface area (Å²) in [6.07, 6.45) is 10.8. The number of allylic oxidation sites excluding steroid dienone is 1. The molecular weight excluding hydrogens is 348 g/mol. The zero-order valence-electron chi connectivity index (χ0n) is 17.3. The molecule has 1 fully saturated rings. The lowest BCUT2D eigenvalue weighted by molar-refractivity contribution is 0.175. The quantitative estimate of drug-likeness (QED) is 0.684. The highest BCUT2D eigenvalue weighted by atomic mass is 16.4. The molecule has 2 aromatic heterocycles. The Hall–Kier alpha value is -2.01. The third-order valence-electron chi connectivity index (χ3n) is 6.57. The van der Waals surface area contributed by atoms with Crippen LogP contribution in [-0.2, 0) is 6.42 Å². The molecule has 0 spiro atoms. The van der Waals surface area contributed by atoms with Gasteiger partial charge in [0, 0.05) is 30.9 Å². The predicted octanol–water partition coefficient (Wildman–Crippen LogP) is 4.62. The summed E-state index contributed by atoms with van der Waals surface area (Å²) in [5.41, 5.74) is 2.42. The molecule has 0 unspecified atom stereocenters. The second-order valence-electron chi connectivity index (χ2n) is 8.86. The standard InChI is InChI=1S/C23H32N4O/c1-16(2)21-13-19(17(3)12-20(21)15-27-10-4-5-11-27)14-22-25-26-23(28-22)18-6-8-24-9-7-18/h6-9,12,16,19-21H,4-5,10-11,13-15H2,1-3H3/t19-,20-,21-/m0/s1. The molecule has 2 aromatic rings. The molecule has 0 saturated carbocycles. The minimum atomic E-state index is 0.493. The van der Waals surface area contributed by atoms with Crippen LogP contribution in [0.3, 0.4) is 0 Å². The van der Waals surface area contributed by atoms with Gasteiger partial charge in [0.2, 0.25) is 11.8 Å². The lowest BCUT2D eigenvalue weighted by Crippen LogP contribution is -2.36. The molecule has 0 radical (unpaired) electrons. The molecule has 3 atom stereocenters. The fraction of sp³-hybridized carbons (Fsp3) is 0.609. The van der Waals surface area contributed by atoms with E-state index < -0.39 is 0 Å². The van der Waals surface area contributed by atoms with Crippen molar-refractivity contribution in [3.05, 3.63) is 42.1 Å². The lowest BCUT2D eigenvalue weighted by Gasteiger charge is -2.38. The van der Waals surface area contributed by atoms with Gasteiger partial charge < -0.3 is 9.32 Å². The molecule has 1 aliphatic carbocycles. The van der Waals surface area contributed by atoms with Gasteiger partial charge in [-0.1, -0.05) is 25.5 Å². The summed E-state index contributed by atoms with van der Waals surface area (Å²) in [5, 5.41) is 8.56. The third-order valence-corrected chi connectivity index (χ3v) is 6.57. The average Bonchev–Trinajstić information content (AvgIpc) is 3.36. The highest BCUT2D eigenvalue weighted by molar-refractivity contribution is 5.50. The first-order chi connectivity index (χ1) is 13.6. The van der Waals surface area contributed by atoms with Crippen LogP contribution in [0.5, 0.6) is 0 Å². The summed E-state index contributed by atoms with van der Waals surface area (Å²) in [6, 6.07) is 3.81. The van der Waals surface area contributed by atoms with E-state index in [1.807, 2.05) is 12.1 Å². The Bertz CT molecular complexity index is 792. The Morgan fingerprint density at radius 3 is 2.61 bits per heavy atom. The molecule has 5 nitrogen and oxygen atoms in total. The predicted molar refractivity (Wildman–Crippen MR) is 111 cm³/mol. The van der Waals surface area contributed by atoms with Gasteiger partial charge in [0.05, 0.1) is 0 Å². The summed E-state index contributed by atoms with van der Waals surface area (Å²) in [4.78, 5) is 6.70. The highest BCUT2D eigenvalue weighted by Gasteiger charge is 2.33. The molecule has 0 N–H and O–H groups in total. The highest BCUT2D eigenvalue weighted by Crippen LogP contribution is 2.39. The van der Waals surface area contributed by atoms with E-state index in [4.69, 9.17) is 4.42 Å². The van der Waals surface area contributed by atoms with Crippen LogP contribution in [0.4, 0.5) is 0 Å². The first-order valence-corrected chi connectivity index (χ1v) is 10.7. The Morgan fingerprint density at radius 2 is 1.89 bits per heavy atom. The minimum Gasteiger partial charge on any atom is -0.421 e. The maximum absolute atomic E-state index is 5.97. The van der Waals surface area contributed by atoms with E-state index in [-0.39, 0.29) is 0 Å². The summed E-state index contributed by atoms with van der Waals surface area (Å²) >= 11 is 0. The van der Waals surface area contributed by atoms with Gasteiger partial charge in [-0.3, -0.25) is 4.98 Å². The molecule has 150 valence electrons. The monoisotopic (exact) mass is 380 g/mol. The fourth-order valence-corrected chi connectivity index (χ4v) is 4.91. The maximum atomic E-state index is 5.97. The maximum Gasteiger partial charge on any atom is 0.247 e. The van der Waals surface area contributed by atoms with Crippen LogP contribution < -0.4 is 0 Å². The zero-order valence-corrected chi connectivity index (χ0v) is 17.3. The van der Waals surface area contributed by atoms with E-state index >= 15 is 0 Å². The van der Waals surface area contributed by atoms with Crippen LogP contribution in [-0.4, -0.2) is 39.7 Å². The smallest absolute Gasteiger partial charge is 0.247 e. The molecule has 1 saturated heterocycles. The number of hydrogen-bond acceptors (Lipinski definition) is 5. The summed E-state index contributed by atoms with van der Waals surface area (Å²) in [7, 11) is 0. The minimum absolute atomic E-state index is 0.493. The van der Waals surface area contributed by atoms with Crippen molar-refractivity contribution in [1.82, 2.24) is 20.1 Å². The molecule has 4 rings (SSSR count). The van der Waals surface area contributed by atoms with Crippen LogP contribution in [0.2, 0.25) is 0 Å². The summed E-state index contributed by atoms with van der Waals surface area (Å²) in [5.74, 6) is 3.90. The fourth-order valence-electron chi connectivity index (χ4n) is 4.91. The molecule has 5 heteroatoms. The second-order valence-corrected chi connectivity index (χ2v) is 8.86. The van der Waals surface area contributed by atoms with Crippen LogP contribution in [0, 0.1) is 23.7 Å². The Morgan fingerprint density at radius 1 is 1.14 bits per heavy atom. The van der Waals surface area contributed by atoms with E-state index in [0.717, 1.165) is 23.8 Å². The van der Waals surface area contributed by atoms with Crippen LogP contribution >= 0.6 is 0 Å². The second kappa shape index (κ2) is 8.56. The van der Waals surface area contributed by atoms with Gasteiger partial charge in [-0.15, -0.1) is 10.2 Å². The van der Waals surface area contributed by atoms with Gasteiger partial charge in [0.1, 0.15) is 0 Å². The number of hydrogen-bond donors (Lipinski definition) is 0. The SMILES string of the molecule is CC1=C[C@@H](CN2CCCC2)[C@H](C(C)C)C[C@H]1Cc1nnc(-c2ccncc2)o1. The van der Waals surface area contributed by atoms with E-state index in [1.165, 1.54) is 44.5 Å². The van der Waals surface area contributed by atoms with Crippen molar-refractivity contribution >= 4 is 0 Å². The molecule has 0 amide bonds. The van der Waals surface area contributed by atoms with Gasteiger partial charge in [-0.2, -0.15) is 0 Å². The van der Waals surface area contributed by atoms with Crippen LogP contribution in [0.25, 0.3) is 11.5 Å². The topological polar surface area (TPSA) is 55.1 Å². The van der Waals surface area contributed by atoms with Crippen LogP contribution in [0.1, 0.15) is 45.9 Å². The van der Waals surface area contributed by atoms with Crippen molar-refractivity contribution in [2.45, 2.75) is 46.5 Å². The van der Waals surface area contributed by atoms with Gasteiger partial charge in [0.15, 0.2) is 0 Å². The van der Waals surface area contributed by atoms with Gasteiger partial charge in [-0.25, -0.2) is 0 Å². The molecule has 2 aliphatic rings. The largest absolute Gasteiger partial charge is 0.421 e. The van der Waals surface area contributed by atoms with Gasteiger partial charge >= 0.3 is 0 Å². The zero-order chi connectivity index (χ0) is 19.5. The van der Waals surface area contributed by atoms with E-state index in [2.05, 4.69) is 46.9 Å². The lowest BCUT2D eigenvalue weighted by atomic mass is 9.69. The molecule has 28 heavy (non-hydrogen) atoms. The summed E-state index contributed by atoms with van der Waals surface area (Å²) < 4.78 is 5.97. The number of aromatic nitrogens is 3. The van der Waals surface area contributed by atoms with E-state index in [0.29, 0.717) is 23.6 Å². The Balaban J connectivity index is 1.47. The van der Waals surface area contributed by atoms with Crippen molar-refractivity contribution in [2.24, 2.45) is 23.7 Å². The van der Waals surface area contributed by atoms with Crippen molar-refractivity contribution in [3.8, 4) is 11.5 Å². The first kappa shape index (κ1) is 19.3.